The molecule has 2 aliphatic carbocycles. The van der Waals surface area contributed by atoms with Crippen LogP contribution in [0, 0.1) is 17.8 Å². The van der Waals surface area contributed by atoms with Gasteiger partial charge < -0.3 is 24.8 Å². The number of ether oxygens (including phenoxy) is 2. The Kier molecular flexibility index (Phi) is 11.5. The third-order valence-corrected chi connectivity index (χ3v) is 14.7. The normalized spacial score (nSPS) is 29.0. The average molecular weight is 856 g/mol. The Bertz CT molecular complexity index is 2130. The summed E-state index contributed by atoms with van der Waals surface area (Å²) in [5.41, 5.74) is -4.38. The molecule has 2 aliphatic heterocycles. The second kappa shape index (κ2) is 15.4. The quantitative estimate of drug-likeness (QED) is 0.274. The molecule has 58 heavy (non-hydrogen) atoms. The minimum Gasteiger partial charge on any atom is -0.497 e. The van der Waals surface area contributed by atoms with Gasteiger partial charge in [0.25, 0.3) is 5.91 Å². The number of halogens is 4. The number of rotatable bonds is 8. The van der Waals surface area contributed by atoms with E-state index in [0.29, 0.717) is 56.2 Å². The zero-order chi connectivity index (χ0) is 42.7. The molecule has 1 aromatic heterocycles. The second-order valence-corrected chi connectivity index (χ2v) is 19.5. The van der Waals surface area contributed by atoms with Gasteiger partial charge in [-0.2, -0.15) is 13.2 Å². The van der Waals surface area contributed by atoms with Crippen molar-refractivity contribution >= 4 is 56.3 Å². The SMILES string of the molecule is COc1ccc2c(Cl)cc(O[C@@H]3C[C@H]4C(=O)N[C@]5(C(=O)NS(=O)(=O)C6(C)CC6)C[C@H]5C=CCC[C@@H](C)C[C@@H](C)[C@H](N(C(=O)O)C(C)(C)C(F)(F)F)C(=O)N4C3)nc2c1. The number of methoxy groups -OCH3 is 1. The molecule has 6 rings (SSSR count). The van der Waals surface area contributed by atoms with Crippen LogP contribution >= 0.6 is 11.6 Å². The molecule has 2 aromatic rings. The van der Waals surface area contributed by atoms with E-state index in [9.17, 15) is 45.9 Å². The van der Waals surface area contributed by atoms with Crippen LogP contribution < -0.4 is 19.5 Å². The van der Waals surface area contributed by atoms with Crippen LogP contribution in [0.2, 0.25) is 5.02 Å². The van der Waals surface area contributed by atoms with Gasteiger partial charge in [0.05, 0.1) is 28.9 Å². The molecule has 0 spiro atoms. The molecule has 14 nitrogen and oxygen atoms in total. The fourth-order valence-corrected chi connectivity index (χ4v) is 9.65. The third-order valence-electron chi connectivity index (χ3n) is 12.2. The van der Waals surface area contributed by atoms with E-state index in [2.05, 4.69) is 15.0 Å². The largest absolute Gasteiger partial charge is 0.497 e. The predicted octanol–water partition coefficient (Wildman–Crippen LogP) is 5.82. The van der Waals surface area contributed by atoms with Crippen LogP contribution in [-0.2, 0) is 24.4 Å². The Hall–Kier alpha value is -4.32. The molecule has 0 unspecified atom stereocenters. The van der Waals surface area contributed by atoms with Gasteiger partial charge in [0, 0.05) is 29.9 Å². The number of benzene rings is 1. The number of carboxylic acid groups (broad SMARTS) is 1. The molecule has 0 radical (unpaired) electrons. The van der Waals surface area contributed by atoms with Crippen LogP contribution in [0.3, 0.4) is 0 Å². The number of carbonyl (C=O) groups is 4. The molecule has 1 saturated heterocycles. The van der Waals surface area contributed by atoms with Crippen molar-refractivity contribution in [3.05, 3.63) is 41.4 Å². The lowest BCUT2D eigenvalue weighted by atomic mass is 9.85. The number of nitrogens with zero attached hydrogens (tertiary/aromatic N) is 3. The summed E-state index contributed by atoms with van der Waals surface area (Å²) in [5.74, 6) is -4.22. The summed E-state index contributed by atoms with van der Waals surface area (Å²) < 4.78 is 82.9. The molecule has 4 aliphatic rings. The second-order valence-electron chi connectivity index (χ2n) is 16.9. The molecular formula is C39H49ClF3N5O9S. The maximum atomic E-state index is 15.0. The first-order valence-corrected chi connectivity index (χ1v) is 21.1. The van der Waals surface area contributed by atoms with E-state index in [1.54, 1.807) is 30.4 Å². The molecular weight excluding hydrogens is 807 g/mol. The number of sulfonamides is 1. The zero-order valence-electron chi connectivity index (χ0n) is 33.1. The van der Waals surface area contributed by atoms with Crippen LogP contribution in [0.5, 0.6) is 11.6 Å². The van der Waals surface area contributed by atoms with Crippen molar-refractivity contribution in [2.75, 3.05) is 13.7 Å². The smallest absolute Gasteiger partial charge is 0.411 e. The van der Waals surface area contributed by atoms with Gasteiger partial charge >= 0.3 is 12.3 Å². The van der Waals surface area contributed by atoms with Crippen molar-refractivity contribution < 1.29 is 55.3 Å². The van der Waals surface area contributed by atoms with E-state index in [-0.39, 0.29) is 47.5 Å². The summed E-state index contributed by atoms with van der Waals surface area (Å²) in [7, 11) is -2.65. The first kappa shape index (κ1) is 43.3. The summed E-state index contributed by atoms with van der Waals surface area (Å²) in [4.78, 5) is 61.9. The number of hydrogen-bond acceptors (Lipinski definition) is 9. The van der Waals surface area contributed by atoms with Crippen LogP contribution in [0.15, 0.2) is 36.4 Å². The van der Waals surface area contributed by atoms with Gasteiger partial charge in [0.1, 0.15) is 35.0 Å². The highest BCUT2D eigenvalue weighted by Gasteiger charge is 2.64. The minimum absolute atomic E-state index is 0.00233. The Morgan fingerprint density at radius 2 is 1.83 bits per heavy atom. The van der Waals surface area contributed by atoms with Crippen LogP contribution in [-0.4, -0.2) is 106 Å². The van der Waals surface area contributed by atoms with E-state index >= 15 is 0 Å². The monoisotopic (exact) mass is 855 g/mol. The Balaban J connectivity index is 1.42. The lowest BCUT2D eigenvalue weighted by Gasteiger charge is -2.45. The maximum absolute atomic E-state index is 15.0. The van der Waals surface area contributed by atoms with E-state index in [4.69, 9.17) is 21.1 Å². The Morgan fingerprint density at radius 3 is 2.45 bits per heavy atom. The van der Waals surface area contributed by atoms with E-state index < -0.39 is 85.9 Å². The number of allylic oxidation sites excluding steroid dienone is 1. The van der Waals surface area contributed by atoms with Gasteiger partial charge in [0.2, 0.25) is 27.7 Å². The van der Waals surface area contributed by atoms with Crippen molar-refractivity contribution in [3.63, 3.8) is 0 Å². The van der Waals surface area contributed by atoms with Gasteiger partial charge in [-0.3, -0.25) is 24.0 Å². The maximum Gasteiger partial charge on any atom is 0.411 e. The number of hydrogen-bond donors (Lipinski definition) is 3. The first-order chi connectivity index (χ1) is 26.9. The van der Waals surface area contributed by atoms with Crippen molar-refractivity contribution in [3.8, 4) is 11.6 Å². The molecule has 318 valence electrons. The molecule has 3 fully saturated rings. The van der Waals surface area contributed by atoms with Crippen molar-refractivity contribution in [1.29, 1.82) is 0 Å². The molecule has 1 aromatic carbocycles. The van der Waals surface area contributed by atoms with Crippen LogP contribution in [0.4, 0.5) is 18.0 Å². The van der Waals surface area contributed by atoms with Gasteiger partial charge in [-0.25, -0.2) is 18.2 Å². The fraction of sp³-hybridized carbons (Fsp3) is 0.615. The molecule has 4 amide bonds. The highest BCUT2D eigenvalue weighted by atomic mass is 35.5. The van der Waals surface area contributed by atoms with Gasteiger partial charge in [-0.15, -0.1) is 0 Å². The van der Waals surface area contributed by atoms with Gasteiger partial charge in [-0.1, -0.05) is 37.6 Å². The zero-order valence-corrected chi connectivity index (χ0v) is 34.6. The first-order valence-electron chi connectivity index (χ1n) is 19.2. The molecule has 2 saturated carbocycles. The average Bonchev–Trinajstić information content (AvgIpc) is 4.01. The van der Waals surface area contributed by atoms with E-state index in [1.165, 1.54) is 27.0 Å². The summed E-state index contributed by atoms with van der Waals surface area (Å²) in [6.07, 6.45) is -3.00. The summed E-state index contributed by atoms with van der Waals surface area (Å²) >= 11 is 6.57. The number of amides is 4. The lowest BCUT2D eigenvalue weighted by molar-refractivity contribution is -0.222. The Labute approximate surface area is 339 Å². The van der Waals surface area contributed by atoms with Crippen LogP contribution in [0.25, 0.3) is 10.9 Å². The number of pyridine rings is 1. The van der Waals surface area contributed by atoms with Crippen molar-refractivity contribution in [2.24, 2.45) is 17.8 Å². The summed E-state index contributed by atoms with van der Waals surface area (Å²) in [5, 5.41) is 14.0. The molecule has 3 N–H and O–H groups in total. The van der Waals surface area contributed by atoms with Gasteiger partial charge in [0.15, 0.2) is 0 Å². The predicted molar refractivity (Wildman–Crippen MR) is 207 cm³/mol. The third kappa shape index (κ3) is 8.14. The molecule has 0 bridgehead atoms. The minimum atomic E-state index is -5.10. The molecule has 3 heterocycles. The standard InChI is InChI=1S/C39H49ClF3N5O9S/c1-21-9-7-8-10-23-19-38(23,34(51)46-58(54,55)37(5)13-14-37)45-32(49)29-17-25(57-30-18-27(40)26-12-11-24(56-6)16-28(26)44-30)20-47(29)33(50)31(22(2)15-21)48(35(52)53)36(3,4)39(41,42)43/h8,10-12,16,18,21-23,25,29,31H,7,9,13-15,17,19-20H2,1-6H3,(H,45,49)(H,46,51)(H,52,53)/t21-,22-,23-,25-,29+,31+,38-/m1/s1. The highest BCUT2D eigenvalue weighted by Crippen LogP contribution is 2.48. The topological polar surface area (TPSA) is 185 Å². The van der Waals surface area contributed by atoms with Crippen LogP contribution in [0.1, 0.15) is 79.6 Å². The number of aromatic nitrogens is 1. The molecule has 7 atom stereocenters. The van der Waals surface area contributed by atoms with E-state index in [0.717, 1.165) is 4.90 Å². The number of carbonyl (C=O) groups excluding carboxylic acids is 3. The fourth-order valence-electron chi connectivity index (χ4n) is 8.09. The highest BCUT2D eigenvalue weighted by molar-refractivity contribution is 7.91. The Morgan fingerprint density at radius 1 is 1.14 bits per heavy atom. The number of fused-ring (bicyclic) bond motifs is 3. The summed E-state index contributed by atoms with van der Waals surface area (Å²) in [6.45, 7) is 5.84. The number of alkyl halides is 3. The van der Waals surface area contributed by atoms with Crippen molar-refractivity contribution in [1.82, 2.24) is 24.8 Å². The number of nitrogens with one attached hydrogen (secondary N) is 2. The van der Waals surface area contributed by atoms with Crippen molar-refractivity contribution in [2.45, 2.75) is 120 Å². The van der Waals surface area contributed by atoms with E-state index in [1.807, 2.05) is 6.92 Å². The van der Waals surface area contributed by atoms with Gasteiger partial charge in [-0.05, 0) is 83.3 Å². The summed E-state index contributed by atoms with van der Waals surface area (Å²) in [6, 6.07) is 3.03. The lowest BCUT2D eigenvalue weighted by Crippen LogP contribution is -2.66. The molecule has 19 heteroatoms.